The third-order valence-corrected chi connectivity index (χ3v) is 7.88. The van der Waals surface area contributed by atoms with Gasteiger partial charge in [0, 0.05) is 11.3 Å². The first-order valence-corrected chi connectivity index (χ1v) is 14.4. The summed E-state index contributed by atoms with van der Waals surface area (Å²) in [4.78, 5) is 12.6. The lowest BCUT2D eigenvalue weighted by Crippen LogP contribution is -2.46. The van der Waals surface area contributed by atoms with Gasteiger partial charge >= 0.3 is 0 Å². The molecule has 2 aliphatic heterocycles. The zero-order valence-electron chi connectivity index (χ0n) is 24.5. The van der Waals surface area contributed by atoms with Crippen LogP contribution in [0.25, 0.3) is 5.69 Å². The van der Waals surface area contributed by atoms with Crippen LogP contribution in [0, 0.1) is 20.8 Å². The van der Waals surface area contributed by atoms with Crippen LogP contribution < -0.4 is 15.0 Å². The monoisotopic (exact) mass is 568 g/mol. The number of fused-ring (bicyclic) bond motifs is 4. The van der Waals surface area contributed by atoms with Crippen molar-refractivity contribution in [3.8, 4) is 17.2 Å². The van der Waals surface area contributed by atoms with E-state index in [1.165, 1.54) is 0 Å². The van der Waals surface area contributed by atoms with E-state index in [2.05, 4.69) is 48.3 Å². The van der Waals surface area contributed by atoms with Gasteiger partial charge in [0.2, 0.25) is 0 Å². The molecule has 0 aliphatic carbocycles. The van der Waals surface area contributed by atoms with Gasteiger partial charge in [-0.3, -0.25) is 0 Å². The number of phenols is 1. The fourth-order valence-electron chi connectivity index (χ4n) is 5.83. The molecule has 5 aromatic rings. The van der Waals surface area contributed by atoms with Crippen LogP contribution in [-0.2, 0) is 0 Å². The van der Waals surface area contributed by atoms with E-state index in [0.717, 1.165) is 56.5 Å². The second kappa shape index (κ2) is 10.5. The van der Waals surface area contributed by atoms with E-state index in [-0.39, 0.29) is 11.8 Å². The highest BCUT2D eigenvalue weighted by Crippen LogP contribution is 2.49. The highest BCUT2D eigenvalue weighted by atomic mass is 16.5. The summed E-state index contributed by atoms with van der Waals surface area (Å²) in [6.45, 7) is 8.53. The highest BCUT2D eigenvalue weighted by Gasteiger charge is 2.41. The van der Waals surface area contributed by atoms with Crippen molar-refractivity contribution in [3.63, 3.8) is 0 Å². The Hall–Kier alpha value is -5.37. The van der Waals surface area contributed by atoms with Crippen LogP contribution in [-0.4, -0.2) is 33.2 Å². The van der Waals surface area contributed by atoms with Gasteiger partial charge in [-0.1, -0.05) is 48.5 Å². The molecule has 2 N–H and O–H groups in total. The quantitative estimate of drug-likeness (QED) is 0.227. The molecule has 1 aromatic heterocycles. The summed E-state index contributed by atoms with van der Waals surface area (Å²) >= 11 is 0. The van der Waals surface area contributed by atoms with Crippen LogP contribution in [0.2, 0.25) is 0 Å². The van der Waals surface area contributed by atoms with E-state index < -0.39 is 0 Å². The van der Waals surface area contributed by atoms with E-state index in [1.54, 1.807) is 6.07 Å². The van der Waals surface area contributed by atoms with Crippen molar-refractivity contribution >= 4 is 34.6 Å². The molecule has 3 heterocycles. The van der Waals surface area contributed by atoms with Crippen molar-refractivity contribution in [2.45, 2.75) is 33.7 Å². The number of anilines is 2. The van der Waals surface area contributed by atoms with Gasteiger partial charge in [0.25, 0.3) is 0 Å². The Labute approximate surface area is 250 Å². The lowest BCUT2D eigenvalue weighted by molar-refractivity contribution is 0.317. The number of amidine groups is 2. The molecule has 0 fully saturated rings. The number of nitrogens with zero attached hydrogens (tertiary/aromatic N) is 5. The van der Waals surface area contributed by atoms with Gasteiger partial charge < -0.3 is 20.1 Å². The lowest BCUT2D eigenvalue weighted by Gasteiger charge is -2.40. The number of aromatic nitrogens is 2. The number of ether oxygens (including phenoxy) is 1. The molecule has 8 nitrogen and oxygen atoms in total. The van der Waals surface area contributed by atoms with Crippen LogP contribution in [0.4, 0.5) is 22.9 Å². The maximum absolute atomic E-state index is 10.6. The summed E-state index contributed by atoms with van der Waals surface area (Å²) in [7, 11) is 0. The number of aryl methyl sites for hydroxylation is 3. The highest BCUT2D eigenvalue weighted by molar-refractivity contribution is 6.51. The van der Waals surface area contributed by atoms with Gasteiger partial charge in [-0.25, -0.2) is 14.7 Å². The van der Waals surface area contributed by atoms with Crippen molar-refractivity contribution in [1.29, 1.82) is 0 Å². The number of phenolic OH excluding ortho intramolecular Hbond substituents is 1. The molecule has 1 atom stereocenters. The van der Waals surface area contributed by atoms with Crippen LogP contribution in [0.15, 0.2) is 101 Å². The average Bonchev–Trinajstić information content (AvgIpc) is 3.35. The zero-order valence-corrected chi connectivity index (χ0v) is 24.5. The minimum Gasteiger partial charge on any atom is -0.504 e. The number of nitrogens with one attached hydrogen (secondary N) is 1. The molecule has 0 unspecified atom stereocenters. The predicted octanol–water partition coefficient (Wildman–Crippen LogP) is 7.70. The molecule has 214 valence electrons. The first-order valence-electron chi connectivity index (χ1n) is 14.4. The summed E-state index contributed by atoms with van der Waals surface area (Å²) in [5.41, 5.74) is 8.69. The maximum Gasteiger partial charge on any atom is 0.179 e. The molecule has 7 rings (SSSR count). The number of aromatic hydroxyl groups is 1. The van der Waals surface area contributed by atoms with Gasteiger partial charge in [-0.05, 0) is 86.8 Å². The summed E-state index contributed by atoms with van der Waals surface area (Å²) in [6.07, 6.45) is 0. The lowest BCUT2D eigenvalue weighted by atomic mass is 9.93. The van der Waals surface area contributed by atoms with E-state index in [1.807, 2.05) is 79.2 Å². The van der Waals surface area contributed by atoms with E-state index in [0.29, 0.717) is 24.0 Å². The largest absolute Gasteiger partial charge is 0.504 e. The summed E-state index contributed by atoms with van der Waals surface area (Å²) in [5.74, 6) is 2.60. The van der Waals surface area contributed by atoms with E-state index in [9.17, 15) is 5.11 Å². The standard InChI is InChI=1S/C35H32N6O2/c1-5-43-30-20-24(17-18-29(30)42)32-31-23(4)39-41(25-11-7-6-8-12-25)34(31)38-35-33(37-27-19-21(2)15-16-22(27)3)36-26-13-9-10-14-28(26)40(32)35/h6-20,32,42H,5H2,1-4H3,(H,36,37)/t32-/m0/s1. The second-order valence-electron chi connectivity index (χ2n) is 10.8. The Morgan fingerprint density at radius 1 is 0.884 bits per heavy atom. The third kappa shape index (κ3) is 4.52. The van der Waals surface area contributed by atoms with E-state index in [4.69, 9.17) is 19.8 Å². The third-order valence-electron chi connectivity index (χ3n) is 7.88. The molecule has 0 amide bonds. The number of rotatable bonds is 5. The molecular formula is C35H32N6O2. The smallest absolute Gasteiger partial charge is 0.179 e. The first kappa shape index (κ1) is 26.5. The molecule has 4 aromatic carbocycles. The number of hydrogen-bond donors (Lipinski definition) is 2. The maximum atomic E-state index is 10.6. The Morgan fingerprint density at radius 2 is 1.67 bits per heavy atom. The van der Waals surface area contributed by atoms with Crippen LogP contribution in [0.5, 0.6) is 11.5 Å². The Balaban J connectivity index is 1.50. The SMILES string of the molecule is CCOc1cc([C@H]2c3c(C)nn(-c4ccccc4)c3N=C3C(Nc4cc(C)ccc4C)=Nc4ccccc4N32)ccc1O. The number of para-hydroxylation sites is 3. The molecule has 0 radical (unpaired) electrons. The van der Waals surface area contributed by atoms with Crippen molar-refractivity contribution in [2.75, 3.05) is 16.8 Å². The summed E-state index contributed by atoms with van der Waals surface area (Å²) in [5, 5.41) is 19.2. The van der Waals surface area contributed by atoms with Gasteiger partial charge in [0.15, 0.2) is 29.0 Å². The Morgan fingerprint density at radius 3 is 2.49 bits per heavy atom. The minimum atomic E-state index is -0.327. The van der Waals surface area contributed by atoms with Crippen molar-refractivity contribution < 1.29 is 9.84 Å². The summed E-state index contributed by atoms with van der Waals surface area (Å²) in [6, 6.07) is 29.7. The summed E-state index contributed by atoms with van der Waals surface area (Å²) < 4.78 is 7.74. The van der Waals surface area contributed by atoms with E-state index >= 15 is 0 Å². The molecular weight excluding hydrogens is 536 g/mol. The number of hydrogen-bond acceptors (Lipinski definition) is 7. The molecule has 2 aliphatic rings. The van der Waals surface area contributed by atoms with Crippen LogP contribution in [0.1, 0.15) is 40.9 Å². The van der Waals surface area contributed by atoms with Crippen LogP contribution >= 0.6 is 0 Å². The average molecular weight is 569 g/mol. The minimum absolute atomic E-state index is 0.102. The molecule has 8 heteroatoms. The van der Waals surface area contributed by atoms with Crippen molar-refractivity contribution in [3.05, 3.63) is 119 Å². The van der Waals surface area contributed by atoms with Gasteiger partial charge in [-0.2, -0.15) is 5.10 Å². The first-order chi connectivity index (χ1) is 20.9. The zero-order chi connectivity index (χ0) is 29.7. The normalized spacial score (nSPS) is 15.2. The fraction of sp³-hybridized carbons (Fsp3) is 0.171. The molecule has 0 bridgehead atoms. The molecule has 0 saturated carbocycles. The molecule has 0 saturated heterocycles. The van der Waals surface area contributed by atoms with Crippen LogP contribution in [0.3, 0.4) is 0 Å². The van der Waals surface area contributed by atoms with Gasteiger partial charge in [0.05, 0.1) is 35.4 Å². The fourth-order valence-corrected chi connectivity index (χ4v) is 5.83. The Kier molecular flexibility index (Phi) is 6.46. The predicted molar refractivity (Wildman–Crippen MR) is 172 cm³/mol. The number of benzene rings is 4. The van der Waals surface area contributed by atoms with Crippen molar-refractivity contribution in [1.82, 2.24) is 9.78 Å². The Bertz CT molecular complexity index is 1920. The topological polar surface area (TPSA) is 87.3 Å². The van der Waals surface area contributed by atoms with Gasteiger partial charge in [0.1, 0.15) is 0 Å². The molecule has 0 spiro atoms. The molecule has 43 heavy (non-hydrogen) atoms. The second-order valence-corrected chi connectivity index (χ2v) is 10.8. The van der Waals surface area contributed by atoms with Gasteiger partial charge in [-0.15, -0.1) is 0 Å². The number of aliphatic imine (C=N–C) groups is 2. The van der Waals surface area contributed by atoms with Crippen molar-refractivity contribution in [2.24, 2.45) is 9.98 Å².